The summed E-state index contributed by atoms with van der Waals surface area (Å²) >= 11 is 0. The number of H-pyrrole nitrogens is 1. The molecule has 0 spiro atoms. The number of para-hydroxylation sites is 1. The first-order valence-corrected chi connectivity index (χ1v) is 6.58. The van der Waals surface area contributed by atoms with Crippen molar-refractivity contribution < 1.29 is 0 Å². The molecule has 4 rings (SSSR count). The van der Waals surface area contributed by atoms with Crippen LogP contribution in [0.3, 0.4) is 0 Å². The van der Waals surface area contributed by atoms with E-state index in [1.807, 2.05) is 0 Å². The van der Waals surface area contributed by atoms with E-state index in [0.29, 0.717) is 0 Å². The van der Waals surface area contributed by atoms with Gasteiger partial charge in [0.05, 0.1) is 0 Å². The van der Waals surface area contributed by atoms with E-state index in [1.54, 1.807) is 0 Å². The zero-order valence-corrected chi connectivity index (χ0v) is 9.87. The lowest BCUT2D eigenvalue weighted by Gasteiger charge is -2.27. The SMILES string of the molecule is c1ccc2c3c([nH]c2c1)CCC1CCCN=C31. The van der Waals surface area contributed by atoms with Crippen LogP contribution in [0.2, 0.25) is 0 Å². The van der Waals surface area contributed by atoms with Crippen molar-refractivity contribution in [2.24, 2.45) is 10.9 Å². The number of aromatic nitrogens is 1. The number of hydrogen-bond acceptors (Lipinski definition) is 1. The van der Waals surface area contributed by atoms with Crippen LogP contribution in [0, 0.1) is 5.92 Å². The molecule has 1 aromatic heterocycles. The summed E-state index contributed by atoms with van der Waals surface area (Å²) in [6.07, 6.45) is 5.07. The molecule has 0 saturated carbocycles. The molecule has 1 unspecified atom stereocenters. The first-order valence-electron chi connectivity index (χ1n) is 6.58. The highest BCUT2D eigenvalue weighted by Gasteiger charge is 2.29. The van der Waals surface area contributed by atoms with Crippen molar-refractivity contribution in [2.45, 2.75) is 25.7 Å². The van der Waals surface area contributed by atoms with Crippen molar-refractivity contribution >= 4 is 16.6 Å². The molecule has 2 heterocycles. The molecule has 86 valence electrons. The fourth-order valence-electron chi connectivity index (χ4n) is 3.36. The van der Waals surface area contributed by atoms with E-state index in [9.17, 15) is 0 Å². The van der Waals surface area contributed by atoms with Gasteiger partial charge in [0, 0.05) is 40.3 Å². The van der Waals surface area contributed by atoms with Crippen molar-refractivity contribution in [3.63, 3.8) is 0 Å². The summed E-state index contributed by atoms with van der Waals surface area (Å²) in [5, 5.41) is 1.37. The summed E-state index contributed by atoms with van der Waals surface area (Å²) in [6.45, 7) is 1.02. The van der Waals surface area contributed by atoms with Crippen LogP contribution in [0.15, 0.2) is 29.3 Å². The Kier molecular flexibility index (Phi) is 1.92. The molecule has 1 aromatic carbocycles. The van der Waals surface area contributed by atoms with Gasteiger partial charge in [-0.05, 0) is 31.7 Å². The molecule has 0 amide bonds. The molecule has 0 radical (unpaired) electrons. The van der Waals surface area contributed by atoms with E-state index in [0.717, 1.165) is 12.5 Å². The second-order valence-electron chi connectivity index (χ2n) is 5.17. The molecule has 0 fully saturated rings. The third-order valence-corrected chi connectivity index (χ3v) is 4.16. The summed E-state index contributed by atoms with van der Waals surface area (Å²) in [4.78, 5) is 8.38. The maximum atomic E-state index is 4.81. The van der Waals surface area contributed by atoms with Crippen molar-refractivity contribution in [3.8, 4) is 0 Å². The molecule has 1 aliphatic carbocycles. The molecular formula is C15H16N2. The number of nitrogens with zero attached hydrogens (tertiary/aromatic N) is 1. The number of hydrogen-bond donors (Lipinski definition) is 1. The summed E-state index contributed by atoms with van der Waals surface area (Å²) in [7, 11) is 0. The van der Waals surface area contributed by atoms with Crippen molar-refractivity contribution in [1.82, 2.24) is 4.98 Å². The first kappa shape index (κ1) is 9.46. The van der Waals surface area contributed by atoms with Gasteiger partial charge in [-0.2, -0.15) is 0 Å². The van der Waals surface area contributed by atoms with Gasteiger partial charge in [-0.15, -0.1) is 0 Å². The minimum absolute atomic E-state index is 0.718. The lowest BCUT2D eigenvalue weighted by Crippen LogP contribution is -2.26. The number of aryl methyl sites for hydroxylation is 1. The lowest BCUT2D eigenvalue weighted by molar-refractivity contribution is 0.519. The van der Waals surface area contributed by atoms with Crippen LogP contribution in [0.4, 0.5) is 0 Å². The highest BCUT2D eigenvalue weighted by molar-refractivity contribution is 6.13. The summed E-state index contributed by atoms with van der Waals surface area (Å²) in [6, 6.07) is 8.63. The van der Waals surface area contributed by atoms with E-state index in [2.05, 4.69) is 29.2 Å². The quantitative estimate of drug-likeness (QED) is 0.711. The molecular weight excluding hydrogens is 208 g/mol. The third-order valence-electron chi connectivity index (χ3n) is 4.16. The van der Waals surface area contributed by atoms with Crippen LogP contribution in [-0.2, 0) is 6.42 Å². The molecule has 1 aliphatic heterocycles. The van der Waals surface area contributed by atoms with Gasteiger partial charge in [-0.3, -0.25) is 4.99 Å². The lowest BCUT2D eigenvalue weighted by atomic mass is 9.80. The van der Waals surface area contributed by atoms with Crippen LogP contribution >= 0.6 is 0 Å². The minimum Gasteiger partial charge on any atom is -0.358 e. The topological polar surface area (TPSA) is 28.1 Å². The zero-order chi connectivity index (χ0) is 11.2. The number of nitrogens with one attached hydrogen (secondary N) is 1. The Bertz CT molecular complexity index is 606. The highest BCUT2D eigenvalue weighted by Crippen LogP contribution is 2.35. The van der Waals surface area contributed by atoms with Gasteiger partial charge in [0.25, 0.3) is 0 Å². The van der Waals surface area contributed by atoms with Crippen molar-refractivity contribution in [3.05, 3.63) is 35.5 Å². The van der Waals surface area contributed by atoms with Gasteiger partial charge in [0.1, 0.15) is 0 Å². The smallest absolute Gasteiger partial charge is 0.0475 e. The Morgan fingerprint density at radius 1 is 1.18 bits per heavy atom. The summed E-state index contributed by atoms with van der Waals surface area (Å²) in [5.41, 5.74) is 5.49. The molecule has 2 heteroatoms. The monoisotopic (exact) mass is 224 g/mol. The maximum Gasteiger partial charge on any atom is 0.0475 e. The predicted molar refractivity (Wildman–Crippen MR) is 70.7 cm³/mol. The number of benzene rings is 1. The average Bonchev–Trinajstić information content (AvgIpc) is 2.77. The average molecular weight is 224 g/mol. The second kappa shape index (κ2) is 3.46. The van der Waals surface area contributed by atoms with Gasteiger partial charge >= 0.3 is 0 Å². The van der Waals surface area contributed by atoms with Gasteiger partial charge in [-0.25, -0.2) is 0 Å². The predicted octanol–water partition coefficient (Wildman–Crippen LogP) is 3.31. The van der Waals surface area contributed by atoms with Gasteiger partial charge < -0.3 is 4.98 Å². The summed E-state index contributed by atoms with van der Waals surface area (Å²) < 4.78 is 0. The fourth-order valence-corrected chi connectivity index (χ4v) is 3.36. The van der Waals surface area contributed by atoms with Crippen LogP contribution in [0.5, 0.6) is 0 Å². The molecule has 1 atom stereocenters. The molecule has 2 nitrogen and oxygen atoms in total. The number of aliphatic imine (C=N–C) groups is 1. The third kappa shape index (κ3) is 1.30. The Hall–Kier alpha value is -1.57. The van der Waals surface area contributed by atoms with E-state index >= 15 is 0 Å². The maximum absolute atomic E-state index is 4.81. The van der Waals surface area contributed by atoms with E-state index in [4.69, 9.17) is 4.99 Å². The van der Waals surface area contributed by atoms with Crippen LogP contribution in [-0.4, -0.2) is 17.2 Å². The van der Waals surface area contributed by atoms with E-state index < -0.39 is 0 Å². The standard InChI is InChI=1S/C15H16N2/c1-2-6-12-11(5-1)14-13(17-12)8-7-10-4-3-9-16-15(10)14/h1-2,5-6,10,17H,3-4,7-9H2. The molecule has 1 N–H and O–H groups in total. The molecule has 2 aliphatic rings. The Balaban J connectivity index is 2.02. The van der Waals surface area contributed by atoms with Gasteiger partial charge in [-0.1, -0.05) is 18.2 Å². The molecule has 2 aromatic rings. The first-order chi connectivity index (χ1) is 8.43. The van der Waals surface area contributed by atoms with E-state index in [-0.39, 0.29) is 0 Å². The van der Waals surface area contributed by atoms with Crippen LogP contribution in [0.25, 0.3) is 10.9 Å². The Labute approximate surface area is 101 Å². The minimum atomic E-state index is 0.718. The highest BCUT2D eigenvalue weighted by atomic mass is 14.8. The fraction of sp³-hybridized carbons (Fsp3) is 0.400. The number of fused-ring (bicyclic) bond motifs is 5. The summed E-state index contributed by atoms with van der Waals surface area (Å²) in [5.74, 6) is 0.718. The largest absolute Gasteiger partial charge is 0.358 e. The van der Waals surface area contributed by atoms with Crippen LogP contribution in [0.1, 0.15) is 30.5 Å². The normalized spacial score (nSPS) is 23.1. The molecule has 0 saturated heterocycles. The van der Waals surface area contributed by atoms with E-state index in [1.165, 1.54) is 53.6 Å². The van der Waals surface area contributed by atoms with Crippen molar-refractivity contribution in [1.29, 1.82) is 0 Å². The van der Waals surface area contributed by atoms with Crippen molar-refractivity contribution in [2.75, 3.05) is 6.54 Å². The Morgan fingerprint density at radius 2 is 2.12 bits per heavy atom. The number of aromatic amines is 1. The van der Waals surface area contributed by atoms with Gasteiger partial charge in [0.2, 0.25) is 0 Å². The molecule has 0 bridgehead atoms. The van der Waals surface area contributed by atoms with Crippen LogP contribution < -0.4 is 0 Å². The molecule has 17 heavy (non-hydrogen) atoms. The second-order valence-corrected chi connectivity index (χ2v) is 5.17. The zero-order valence-electron chi connectivity index (χ0n) is 9.87. The van der Waals surface area contributed by atoms with Gasteiger partial charge in [0.15, 0.2) is 0 Å². The number of rotatable bonds is 0. The Morgan fingerprint density at radius 3 is 3.12 bits per heavy atom.